The van der Waals surface area contributed by atoms with Crippen LogP contribution in [0.1, 0.15) is 31.7 Å². The molecule has 0 saturated carbocycles. The fourth-order valence-electron chi connectivity index (χ4n) is 6.88. The number of nitrogens with two attached hydrogens (primary N) is 2. The lowest BCUT2D eigenvalue weighted by molar-refractivity contribution is -0.302. The summed E-state index contributed by atoms with van der Waals surface area (Å²) in [5.74, 6) is -2.25. The lowest BCUT2D eigenvalue weighted by atomic mass is 9.99. The number of esters is 1. The van der Waals surface area contributed by atoms with Crippen LogP contribution in [0.3, 0.4) is 0 Å². The lowest BCUT2D eigenvalue weighted by Crippen LogP contribution is -2.60. The first kappa shape index (κ1) is 50.0. The number of aliphatic hydroxyl groups is 5. The van der Waals surface area contributed by atoms with Crippen LogP contribution in [0.15, 0.2) is 42.4 Å². The Labute approximate surface area is 365 Å². The van der Waals surface area contributed by atoms with E-state index in [0.29, 0.717) is 0 Å². The number of hydrogen-bond acceptors (Lipinski definition) is 24. The van der Waals surface area contributed by atoms with Crippen LogP contribution in [-0.2, 0) is 56.0 Å². The van der Waals surface area contributed by atoms with Crippen LogP contribution in [0.25, 0.3) is 11.2 Å². The van der Waals surface area contributed by atoms with Gasteiger partial charge in [-0.05, 0) is 12.5 Å². The number of amides is 1. The maximum atomic E-state index is 14.0. The summed E-state index contributed by atoms with van der Waals surface area (Å²) in [6.07, 6.45) is -15.5. The van der Waals surface area contributed by atoms with Crippen molar-refractivity contribution in [3.8, 4) is 0 Å². The van der Waals surface area contributed by atoms with Gasteiger partial charge in [0.1, 0.15) is 72.7 Å². The van der Waals surface area contributed by atoms with Gasteiger partial charge in [0.15, 0.2) is 36.1 Å². The van der Waals surface area contributed by atoms with E-state index in [4.69, 9.17) is 44.2 Å². The normalized spacial score (nSPS) is 30.8. The number of hydrogen-bond donors (Lipinski definition) is 11. The Hall–Kier alpha value is -4.43. The maximum absolute atomic E-state index is 14.0. The van der Waals surface area contributed by atoms with E-state index >= 15 is 0 Å². The van der Waals surface area contributed by atoms with Crippen LogP contribution < -0.4 is 22.5 Å². The third kappa shape index (κ3) is 12.1. The van der Waals surface area contributed by atoms with Gasteiger partial charge in [-0.2, -0.15) is 4.98 Å². The van der Waals surface area contributed by atoms with Crippen LogP contribution in [0.5, 0.6) is 0 Å². The highest BCUT2D eigenvalue weighted by Crippen LogP contribution is 2.50. The molecule has 360 valence electrons. The number of phosphoric ester groups is 2. The molecule has 0 bridgehead atoms. The highest BCUT2D eigenvalue weighted by Gasteiger charge is 2.51. The zero-order valence-corrected chi connectivity index (χ0v) is 35.5. The summed E-state index contributed by atoms with van der Waals surface area (Å²) in [6.45, 7) is -0.0239. The molecule has 6 rings (SSSR count). The summed E-state index contributed by atoms with van der Waals surface area (Å²) in [5.41, 5.74) is 10.7. The van der Waals surface area contributed by atoms with Crippen LogP contribution in [0, 0.1) is 0 Å². The quantitative estimate of drug-likeness (QED) is 0.0289. The molecular formula is C33H47N9O21P2. The van der Waals surface area contributed by atoms with Gasteiger partial charge in [-0.3, -0.25) is 27.5 Å². The second-order valence-corrected chi connectivity index (χ2v) is 17.3. The number of fused-ring (bicyclic) bond motifs is 1. The van der Waals surface area contributed by atoms with Crippen molar-refractivity contribution in [3.05, 3.63) is 48.1 Å². The number of rotatable bonds is 20. The SMILES string of the molecule is C=CCCC(=O)N[C@@H](CO[C@@H]1O[C@H](CO)[C@@H](O)[C@H](O)[C@H]1O)C(=O)O[C@H]1[C@@H](O)[C@H](n2cnc3c(N)ncnc32)O[C@@H]1COP(=O)(O)O[C@H]1C[C@H](n2ccc(N)nc2=O)O[C@@H]1COP(=O)(O)O. The molecule has 3 saturated heterocycles. The Morgan fingerprint density at radius 1 is 0.969 bits per heavy atom. The van der Waals surface area contributed by atoms with E-state index in [1.54, 1.807) is 0 Å². The first-order valence-electron chi connectivity index (χ1n) is 19.4. The second kappa shape index (κ2) is 21.0. The molecule has 0 radical (unpaired) electrons. The number of aliphatic hydroxyl groups excluding tert-OH is 5. The molecule has 3 fully saturated rings. The van der Waals surface area contributed by atoms with E-state index in [2.05, 4.69) is 36.4 Å². The van der Waals surface area contributed by atoms with Gasteiger partial charge in [0.2, 0.25) is 5.91 Å². The van der Waals surface area contributed by atoms with Gasteiger partial charge in [-0.25, -0.2) is 33.7 Å². The van der Waals surface area contributed by atoms with Crippen molar-refractivity contribution in [1.82, 2.24) is 34.4 Å². The molecule has 0 aromatic carbocycles. The van der Waals surface area contributed by atoms with Crippen molar-refractivity contribution in [2.75, 3.05) is 37.9 Å². The van der Waals surface area contributed by atoms with Gasteiger partial charge in [-0.15, -0.1) is 6.58 Å². The molecule has 3 aliphatic rings. The predicted octanol–water partition coefficient (Wildman–Crippen LogP) is -4.42. The molecule has 65 heavy (non-hydrogen) atoms. The Balaban J connectivity index is 1.23. The number of ether oxygens (including phenoxy) is 5. The standard InChI is InChI=1S/C33H47N9O21P2/c1-2-3-4-20(44)39-14(9-56-32-25(47)24(46)23(45)16(8-43)61-32)31(49)62-27-18(60-30(26(27)48)42-13-38-22-28(35)36-12-37-29(22)42)11-58-65(54,55)63-15-7-21(41-6-5-19(34)40-33(41)50)59-17(15)10-57-64(51,52)53/h2,5-6,12-18,21,23-27,30,32,43,45-48H,1,3-4,7-11H2,(H,39,44)(H,54,55)(H2,34,40,50)(H2,35,36,37)(H2,51,52,53)/t14-,15-,16+,17+,18+,21+,23+,24-,25+,26+,27+,30+,32+/m0/s1. The zero-order chi connectivity index (χ0) is 47.4. The van der Waals surface area contributed by atoms with Gasteiger partial charge in [-0.1, -0.05) is 6.08 Å². The zero-order valence-electron chi connectivity index (χ0n) is 33.7. The number of carbonyl (C=O) groups excluding carboxylic acids is 2. The third-order valence-electron chi connectivity index (χ3n) is 10.1. The van der Waals surface area contributed by atoms with E-state index in [9.17, 15) is 63.7 Å². The summed E-state index contributed by atoms with van der Waals surface area (Å²) in [5, 5.41) is 54.5. The molecule has 1 amide bonds. The van der Waals surface area contributed by atoms with Crippen LogP contribution >= 0.6 is 15.6 Å². The minimum absolute atomic E-state index is 0.0272. The number of anilines is 2. The van der Waals surface area contributed by atoms with E-state index < -0.39 is 146 Å². The smallest absolute Gasteiger partial charge is 0.455 e. The van der Waals surface area contributed by atoms with Crippen molar-refractivity contribution < 1.29 is 96.2 Å². The van der Waals surface area contributed by atoms with Gasteiger partial charge in [0.25, 0.3) is 0 Å². The first-order valence-corrected chi connectivity index (χ1v) is 22.4. The van der Waals surface area contributed by atoms with Gasteiger partial charge in [0.05, 0.1) is 32.8 Å². The second-order valence-electron chi connectivity index (χ2n) is 14.6. The molecular weight excluding hydrogens is 920 g/mol. The number of aromatic nitrogens is 6. The van der Waals surface area contributed by atoms with Gasteiger partial charge < -0.3 is 80.7 Å². The molecule has 3 aliphatic heterocycles. The molecule has 30 nitrogen and oxygen atoms in total. The van der Waals surface area contributed by atoms with Gasteiger partial charge in [0, 0.05) is 19.0 Å². The highest BCUT2D eigenvalue weighted by molar-refractivity contribution is 7.47. The summed E-state index contributed by atoms with van der Waals surface area (Å²) in [6, 6.07) is -0.527. The molecule has 1 unspecified atom stereocenters. The van der Waals surface area contributed by atoms with E-state index in [0.717, 1.165) is 17.2 Å². The number of allylic oxidation sites excluding steroid dienone is 1. The highest BCUT2D eigenvalue weighted by atomic mass is 31.2. The molecule has 3 aromatic rings. The van der Waals surface area contributed by atoms with E-state index in [1.165, 1.54) is 22.9 Å². The van der Waals surface area contributed by atoms with Crippen LogP contribution in [-0.4, -0.2) is 175 Å². The minimum Gasteiger partial charge on any atom is -0.455 e. The average Bonchev–Trinajstić information content (AvgIpc) is 3.94. The Morgan fingerprint density at radius 3 is 2.40 bits per heavy atom. The average molecular weight is 968 g/mol. The number of nitrogens with one attached hydrogen (secondary N) is 1. The molecule has 14 atom stereocenters. The van der Waals surface area contributed by atoms with Crippen molar-refractivity contribution in [3.63, 3.8) is 0 Å². The summed E-state index contributed by atoms with van der Waals surface area (Å²) in [4.78, 5) is 84.6. The van der Waals surface area contributed by atoms with Crippen molar-refractivity contribution in [2.24, 2.45) is 0 Å². The van der Waals surface area contributed by atoms with Crippen LogP contribution in [0.2, 0.25) is 0 Å². The van der Waals surface area contributed by atoms with Crippen molar-refractivity contribution >= 4 is 50.3 Å². The van der Waals surface area contributed by atoms with E-state index in [1.807, 2.05) is 0 Å². The molecule has 0 spiro atoms. The van der Waals surface area contributed by atoms with E-state index in [-0.39, 0.29) is 35.6 Å². The summed E-state index contributed by atoms with van der Waals surface area (Å²) in [7, 11) is -10.5. The van der Waals surface area contributed by atoms with Crippen LogP contribution in [0.4, 0.5) is 11.6 Å². The third-order valence-corrected chi connectivity index (χ3v) is 11.6. The fraction of sp³-hybridized carbons (Fsp3) is 0.606. The number of carbonyl (C=O) groups is 2. The number of phosphoric acid groups is 2. The summed E-state index contributed by atoms with van der Waals surface area (Å²) < 4.78 is 70.6. The molecule has 0 aliphatic carbocycles. The Morgan fingerprint density at radius 2 is 1.71 bits per heavy atom. The number of nitrogen functional groups attached to an aromatic ring is 2. The van der Waals surface area contributed by atoms with Crippen molar-refractivity contribution in [2.45, 2.75) is 99.0 Å². The Kier molecular flexibility index (Phi) is 16.2. The Bertz CT molecular complexity index is 2320. The maximum Gasteiger partial charge on any atom is 0.472 e. The minimum atomic E-state index is -5.33. The van der Waals surface area contributed by atoms with Gasteiger partial charge >= 0.3 is 27.3 Å². The fourth-order valence-corrected chi connectivity index (χ4v) is 8.18. The largest absolute Gasteiger partial charge is 0.472 e. The predicted molar refractivity (Wildman–Crippen MR) is 211 cm³/mol. The number of nitrogens with zero attached hydrogens (tertiary/aromatic N) is 6. The monoisotopic (exact) mass is 967 g/mol. The lowest BCUT2D eigenvalue weighted by Gasteiger charge is -2.39. The first-order chi connectivity index (χ1) is 30.7. The molecule has 6 heterocycles. The molecule has 32 heteroatoms. The van der Waals surface area contributed by atoms with Crippen molar-refractivity contribution in [1.29, 1.82) is 0 Å². The summed E-state index contributed by atoms with van der Waals surface area (Å²) >= 11 is 0. The molecule has 3 aromatic heterocycles. The number of imidazole rings is 1. The molecule has 13 N–H and O–H groups in total. The topological polar surface area (TPSA) is 447 Å².